The molecule has 2 N–H and O–H groups in total. The largest absolute Gasteiger partial charge is 0.462 e. The van der Waals surface area contributed by atoms with Crippen molar-refractivity contribution in [2.45, 2.75) is 70.3 Å². The van der Waals surface area contributed by atoms with E-state index in [2.05, 4.69) is 18.4 Å². The van der Waals surface area contributed by atoms with Crippen molar-refractivity contribution in [3.05, 3.63) is 108 Å². The molecule has 0 amide bonds. The molecule has 1 aliphatic rings. The van der Waals surface area contributed by atoms with Gasteiger partial charge in [0, 0.05) is 42.6 Å². The second-order valence-electron chi connectivity index (χ2n) is 10.9. The third-order valence-electron chi connectivity index (χ3n) is 7.58. The zero-order valence-corrected chi connectivity index (χ0v) is 23.0. The average Bonchev–Trinajstić information content (AvgIpc) is 3.28. The summed E-state index contributed by atoms with van der Waals surface area (Å²) in [7, 11) is 0. The second-order valence-corrected chi connectivity index (χ2v) is 10.9. The van der Waals surface area contributed by atoms with E-state index in [4.69, 9.17) is 4.74 Å². The third-order valence-corrected chi connectivity index (χ3v) is 7.58. The van der Waals surface area contributed by atoms with Crippen LogP contribution in [0.25, 0.3) is 22.4 Å². The standard InChI is InChI=1S/C34H36FNO4/c1-22(2)33-32(29(38)19-23-9-5-3-6-10-23)31(24-11-7-4-8-12-24)34(25-13-15-26(35)16-14-25)36(33)18-17-28-20-27(37)21-30(39)40-28/h3-16,22,27-29,37-38H,17-21H2,1-2H3/t27-,28-,29?/m1/s1. The van der Waals surface area contributed by atoms with E-state index in [-0.39, 0.29) is 24.1 Å². The maximum atomic E-state index is 14.1. The van der Waals surface area contributed by atoms with Gasteiger partial charge in [-0.25, -0.2) is 4.39 Å². The summed E-state index contributed by atoms with van der Waals surface area (Å²) < 4.78 is 21.8. The first-order valence-corrected chi connectivity index (χ1v) is 14.0. The fourth-order valence-electron chi connectivity index (χ4n) is 5.90. The van der Waals surface area contributed by atoms with Crippen molar-refractivity contribution in [2.24, 2.45) is 0 Å². The molecule has 0 aliphatic carbocycles. The van der Waals surface area contributed by atoms with Crippen LogP contribution >= 0.6 is 0 Å². The molecule has 1 fully saturated rings. The Labute approximate surface area is 234 Å². The Hall–Kier alpha value is -3.74. The van der Waals surface area contributed by atoms with Crippen molar-refractivity contribution in [3.63, 3.8) is 0 Å². The molecule has 208 valence electrons. The van der Waals surface area contributed by atoms with Gasteiger partial charge in [-0.05, 0) is 46.9 Å². The summed E-state index contributed by atoms with van der Waals surface area (Å²) in [5, 5.41) is 22.1. The van der Waals surface area contributed by atoms with Gasteiger partial charge in [-0.2, -0.15) is 0 Å². The number of hydrogen-bond donors (Lipinski definition) is 2. The van der Waals surface area contributed by atoms with Crippen LogP contribution in [-0.2, 0) is 22.5 Å². The number of benzene rings is 3. The van der Waals surface area contributed by atoms with E-state index in [1.807, 2.05) is 60.7 Å². The van der Waals surface area contributed by atoms with Crippen molar-refractivity contribution in [1.82, 2.24) is 4.57 Å². The highest BCUT2D eigenvalue weighted by Crippen LogP contribution is 2.45. The molecule has 5 nitrogen and oxygen atoms in total. The van der Waals surface area contributed by atoms with E-state index in [0.29, 0.717) is 25.8 Å². The van der Waals surface area contributed by atoms with Gasteiger partial charge in [0.1, 0.15) is 11.9 Å². The molecule has 3 aromatic carbocycles. The number of aliphatic hydroxyl groups excluding tert-OH is 2. The highest BCUT2D eigenvalue weighted by molar-refractivity contribution is 5.86. The Morgan fingerprint density at radius 3 is 2.23 bits per heavy atom. The van der Waals surface area contributed by atoms with Gasteiger partial charge in [0.25, 0.3) is 0 Å². The summed E-state index contributed by atoms with van der Waals surface area (Å²) in [6.07, 6.45) is -0.535. The van der Waals surface area contributed by atoms with Crippen LogP contribution in [0, 0.1) is 5.82 Å². The van der Waals surface area contributed by atoms with Gasteiger partial charge in [-0.15, -0.1) is 0 Å². The SMILES string of the molecule is CC(C)c1c(C(O)Cc2ccccc2)c(-c2ccccc2)c(-c2ccc(F)cc2)n1CC[C@@H]1C[C@@H](O)CC(=O)O1. The van der Waals surface area contributed by atoms with Gasteiger partial charge >= 0.3 is 5.97 Å². The van der Waals surface area contributed by atoms with E-state index in [1.54, 1.807) is 12.1 Å². The number of cyclic esters (lactones) is 1. The number of halogens is 1. The predicted octanol–water partition coefficient (Wildman–Crippen LogP) is 6.82. The molecule has 4 aromatic rings. The number of hydrogen-bond acceptors (Lipinski definition) is 4. The molecule has 0 saturated carbocycles. The summed E-state index contributed by atoms with van der Waals surface area (Å²) in [5.74, 6) is -0.653. The predicted molar refractivity (Wildman–Crippen MR) is 154 cm³/mol. The highest BCUT2D eigenvalue weighted by atomic mass is 19.1. The van der Waals surface area contributed by atoms with E-state index in [1.165, 1.54) is 12.1 Å². The van der Waals surface area contributed by atoms with Gasteiger partial charge in [-0.3, -0.25) is 4.79 Å². The molecule has 6 heteroatoms. The number of aliphatic hydroxyl groups is 2. The zero-order chi connectivity index (χ0) is 28.2. The first-order valence-electron chi connectivity index (χ1n) is 14.0. The zero-order valence-electron chi connectivity index (χ0n) is 23.0. The van der Waals surface area contributed by atoms with E-state index >= 15 is 0 Å². The lowest BCUT2D eigenvalue weighted by molar-refractivity contribution is -0.160. The summed E-state index contributed by atoms with van der Waals surface area (Å²) >= 11 is 0. The van der Waals surface area contributed by atoms with Crippen LogP contribution in [0.3, 0.4) is 0 Å². The molecule has 5 rings (SSSR count). The number of ether oxygens (including phenoxy) is 1. The van der Waals surface area contributed by atoms with Crippen LogP contribution in [0.2, 0.25) is 0 Å². The lowest BCUT2D eigenvalue weighted by Gasteiger charge is -2.27. The average molecular weight is 542 g/mol. The summed E-state index contributed by atoms with van der Waals surface area (Å²) in [5.41, 5.74) is 6.47. The normalized spacial score (nSPS) is 18.1. The Balaban J connectivity index is 1.70. The number of nitrogens with zero attached hydrogens (tertiary/aromatic N) is 1. The summed E-state index contributed by atoms with van der Waals surface area (Å²) in [6.45, 7) is 4.72. The second kappa shape index (κ2) is 12.2. The Morgan fingerprint density at radius 2 is 1.60 bits per heavy atom. The van der Waals surface area contributed by atoms with Gasteiger partial charge in [-0.1, -0.05) is 74.5 Å². The minimum absolute atomic E-state index is 0.0199. The van der Waals surface area contributed by atoms with Crippen molar-refractivity contribution in [3.8, 4) is 22.4 Å². The summed E-state index contributed by atoms with van der Waals surface area (Å²) in [4.78, 5) is 12.0. The molecule has 1 saturated heterocycles. The maximum Gasteiger partial charge on any atom is 0.308 e. The monoisotopic (exact) mass is 541 g/mol. The molecule has 1 unspecified atom stereocenters. The van der Waals surface area contributed by atoms with Gasteiger partial charge in [0.15, 0.2) is 0 Å². The third kappa shape index (κ3) is 6.03. The minimum atomic E-state index is -0.787. The van der Waals surface area contributed by atoms with Crippen molar-refractivity contribution < 1.29 is 24.1 Å². The number of rotatable bonds is 9. The molecule has 1 aliphatic heterocycles. The molecular formula is C34H36FNO4. The molecule has 40 heavy (non-hydrogen) atoms. The van der Waals surface area contributed by atoms with Crippen molar-refractivity contribution in [1.29, 1.82) is 0 Å². The minimum Gasteiger partial charge on any atom is -0.462 e. The van der Waals surface area contributed by atoms with E-state index in [0.717, 1.165) is 39.2 Å². The quantitative estimate of drug-likeness (QED) is 0.228. The maximum absolute atomic E-state index is 14.1. The van der Waals surface area contributed by atoms with E-state index in [9.17, 15) is 19.4 Å². The first kappa shape index (κ1) is 27.8. The van der Waals surface area contributed by atoms with Gasteiger partial charge in [0.2, 0.25) is 0 Å². The Morgan fingerprint density at radius 1 is 0.950 bits per heavy atom. The topological polar surface area (TPSA) is 71.7 Å². The Kier molecular flexibility index (Phi) is 8.48. The smallest absolute Gasteiger partial charge is 0.308 e. The number of aromatic nitrogens is 1. The van der Waals surface area contributed by atoms with Crippen molar-refractivity contribution in [2.75, 3.05) is 0 Å². The van der Waals surface area contributed by atoms with Crippen LogP contribution in [0.4, 0.5) is 4.39 Å². The van der Waals surface area contributed by atoms with Crippen LogP contribution in [0.15, 0.2) is 84.9 Å². The van der Waals surface area contributed by atoms with Crippen LogP contribution < -0.4 is 0 Å². The highest BCUT2D eigenvalue weighted by Gasteiger charge is 2.32. The number of carbonyl (C=O) groups is 1. The lowest BCUT2D eigenvalue weighted by Crippen LogP contribution is -2.33. The molecule has 1 aromatic heterocycles. The fourth-order valence-corrected chi connectivity index (χ4v) is 5.90. The van der Waals surface area contributed by atoms with E-state index < -0.39 is 18.3 Å². The summed E-state index contributed by atoms with van der Waals surface area (Å²) in [6, 6.07) is 26.4. The fraction of sp³-hybridized carbons (Fsp3) is 0.324. The molecule has 3 atom stereocenters. The first-order chi connectivity index (χ1) is 19.3. The van der Waals surface area contributed by atoms with Crippen LogP contribution in [0.1, 0.15) is 62.0 Å². The molecule has 0 radical (unpaired) electrons. The molecule has 0 spiro atoms. The number of esters is 1. The molecule has 0 bridgehead atoms. The molecule has 2 heterocycles. The Bertz CT molecular complexity index is 1430. The lowest BCUT2D eigenvalue weighted by atomic mass is 9.89. The van der Waals surface area contributed by atoms with Crippen molar-refractivity contribution >= 4 is 5.97 Å². The van der Waals surface area contributed by atoms with Crippen LogP contribution in [0.5, 0.6) is 0 Å². The molecular weight excluding hydrogens is 505 g/mol. The van der Waals surface area contributed by atoms with Gasteiger partial charge in [0.05, 0.1) is 24.3 Å². The van der Waals surface area contributed by atoms with Gasteiger partial charge < -0.3 is 19.5 Å². The number of carbonyl (C=O) groups excluding carboxylic acids is 1. The van der Waals surface area contributed by atoms with Crippen LogP contribution in [-0.4, -0.2) is 33.0 Å².